The minimum atomic E-state index is 0.0979. The molecule has 1 aromatic heterocycles. The van der Waals surface area contributed by atoms with Gasteiger partial charge in [-0.1, -0.05) is 0 Å². The van der Waals surface area contributed by atoms with E-state index in [0.29, 0.717) is 13.0 Å². The number of aromatic nitrogens is 1. The second kappa shape index (κ2) is 4.86. The van der Waals surface area contributed by atoms with Crippen LogP contribution in [0.15, 0.2) is 5.38 Å². The molecular formula is C11H15NO2S. The number of aryl methyl sites for hydroxylation is 1. The number of ketones is 1. The zero-order valence-electron chi connectivity index (χ0n) is 8.86. The highest BCUT2D eigenvalue weighted by molar-refractivity contribution is 7.09. The third kappa shape index (κ3) is 2.86. The monoisotopic (exact) mass is 225 g/mol. The fourth-order valence-electron chi connectivity index (χ4n) is 1.81. The van der Waals surface area contributed by atoms with Gasteiger partial charge in [-0.25, -0.2) is 4.98 Å². The quantitative estimate of drug-likeness (QED) is 0.789. The smallest absolute Gasteiger partial charge is 0.144 e. The van der Waals surface area contributed by atoms with Crippen molar-refractivity contribution in [2.24, 2.45) is 5.92 Å². The number of rotatable bonds is 3. The molecule has 1 fully saturated rings. The first-order chi connectivity index (χ1) is 7.25. The van der Waals surface area contributed by atoms with Crippen LogP contribution in [0.1, 0.15) is 23.5 Å². The number of carbonyl (C=O) groups excluding carboxylic acids is 1. The summed E-state index contributed by atoms with van der Waals surface area (Å²) in [7, 11) is 0. The predicted octanol–water partition coefficient (Wildman–Crippen LogP) is 1.99. The van der Waals surface area contributed by atoms with Crippen LogP contribution in [0.3, 0.4) is 0 Å². The normalized spacial score (nSPS) is 21.5. The van der Waals surface area contributed by atoms with Crippen LogP contribution in [0.5, 0.6) is 0 Å². The Morgan fingerprint density at radius 3 is 3.20 bits per heavy atom. The molecule has 1 unspecified atom stereocenters. The fourth-order valence-corrected chi connectivity index (χ4v) is 2.42. The van der Waals surface area contributed by atoms with Gasteiger partial charge in [0.05, 0.1) is 17.3 Å². The molecule has 1 aromatic rings. The summed E-state index contributed by atoms with van der Waals surface area (Å²) in [5, 5.41) is 2.99. The van der Waals surface area contributed by atoms with Crippen molar-refractivity contribution in [1.82, 2.24) is 4.98 Å². The Morgan fingerprint density at radius 2 is 2.60 bits per heavy atom. The number of nitrogens with zero attached hydrogens (tertiary/aromatic N) is 1. The number of hydrogen-bond donors (Lipinski definition) is 0. The summed E-state index contributed by atoms with van der Waals surface area (Å²) in [6.45, 7) is 3.36. The van der Waals surface area contributed by atoms with Crippen LogP contribution in [-0.4, -0.2) is 24.0 Å². The van der Waals surface area contributed by atoms with Crippen LogP contribution >= 0.6 is 11.3 Å². The second-order valence-corrected chi connectivity index (χ2v) is 4.98. The highest BCUT2D eigenvalue weighted by Gasteiger charge is 2.22. The maximum absolute atomic E-state index is 11.9. The molecule has 1 saturated heterocycles. The van der Waals surface area contributed by atoms with Crippen molar-refractivity contribution in [3.8, 4) is 0 Å². The summed E-state index contributed by atoms with van der Waals surface area (Å²) in [6.07, 6.45) is 2.45. The van der Waals surface area contributed by atoms with E-state index < -0.39 is 0 Å². The Kier molecular flexibility index (Phi) is 3.49. The SMILES string of the molecule is Cc1nc(CC(=O)C2CCCOC2)cs1. The van der Waals surface area contributed by atoms with E-state index in [-0.39, 0.29) is 11.7 Å². The molecule has 0 saturated carbocycles. The first-order valence-electron chi connectivity index (χ1n) is 5.27. The first-order valence-corrected chi connectivity index (χ1v) is 6.15. The minimum absolute atomic E-state index is 0.0979. The highest BCUT2D eigenvalue weighted by atomic mass is 32.1. The minimum Gasteiger partial charge on any atom is -0.381 e. The van der Waals surface area contributed by atoms with Gasteiger partial charge < -0.3 is 4.74 Å². The molecule has 2 heterocycles. The molecule has 0 amide bonds. The van der Waals surface area contributed by atoms with E-state index in [4.69, 9.17) is 4.74 Å². The largest absolute Gasteiger partial charge is 0.381 e. The van der Waals surface area contributed by atoms with E-state index in [1.165, 1.54) is 0 Å². The van der Waals surface area contributed by atoms with Crippen molar-refractivity contribution in [2.75, 3.05) is 13.2 Å². The van der Waals surface area contributed by atoms with Gasteiger partial charge in [0, 0.05) is 24.3 Å². The molecule has 82 valence electrons. The third-order valence-electron chi connectivity index (χ3n) is 2.64. The standard InChI is InChI=1S/C11H15NO2S/c1-8-12-10(7-15-8)5-11(13)9-3-2-4-14-6-9/h7,9H,2-6H2,1H3. The molecule has 1 aliphatic heterocycles. The van der Waals surface area contributed by atoms with Crippen LogP contribution in [0, 0.1) is 12.8 Å². The van der Waals surface area contributed by atoms with Gasteiger partial charge in [0.15, 0.2) is 0 Å². The lowest BCUT2D eigenvalue weighted by Crippen LogP contribution is -2.26. The number of Topliss-reactive ketones (excluding diaryl/α,β-unsaturated/α-hetero) is 1. The summed E-state index contributed by atoms with van der Waals surface area (Å²) in [6, 6.07) is 0. The summed E-state index contributed by atoms with van der Waals surface area (Å²) in [4.78, 5) is 16.2. The van der Waals surface area contributed by atoms with E-state index in [1.54, 1.807) is 11.3 Å². The van der Waals surface area contributed by atoms with Crippen molar-refractivity contribution >= 4 is 17.1 Å². The van der Waals surface area contributed by atoms with Gasteiger partial charge in [-0.15, -0.1) is 11.3 Å². The lowest BCUT2D eigenvalue weighted by atomic mass is 9.95. The predicted molar refractivity (Wildman–Crippen MR) is 59.1 cm³/mol. The van der Waals surface area contributed by atoms with Gasteiger partial charge in [0.2, 0.25) is 0 Å². The summed E-state index contributed by atoms with van der Waals surface area (Å²) >= 11 is 1.60. The molecule has 0 spiro atoms. The highest BCUT2D eigenvalue weighted by Crippen LogP contribution is 2.17. The lowest BCUT2D eigenvalue weighted by molar-refractivity contribution is -0.126. The average molecular weight is 225 g/mol. The topological polar surface area (TPSA) is 39.2 Å². The maximum atomic E-state index is 11.9. The van der Waals surface area contributed by atoms with Crippen LogP contribution in [-0.2, 0) is 16.0 Å². The molecule has 2 rings (SSSR count). The Morgan fingerprint density at radius 1 is 1.73 bits per heavy atom. The van der Waals surface area contributed by atoms with Crippen LogP contribution in [0.4, 0.5) is 0 Å². The Hall–Kier alpha value is -0.740. The second-order valence-electron chi connectivity index (χ2n) is 3.92. The van der Waals surface area contributed by atoms with E-state index >= 15 is 0 Å². The zero-order valence-corrected chi connectivity index (χ0v) is 9.68. The molecule has 1 atom stereocenters. The molecule has 1 aliphatic rings. The Balaban J connectivity index is 1.91. The van der Waals surface area contributed by atoms with Crippen LogP contribution < -0.4 is 0 Å². The van der Waals surface area contributed by atoms with E-state index in [2.05, 4.69) is 4.98 Å². The Labute approximate surface area is 93.5 Å². The van der Waals surface area contributed by atoms with E-state index in [9.17, 15) is 4.79 Å². The van der Waals surface area contributed by atoms with Crippen molar-refractivity contribution in [1.29, 1.82) is 0 Å². The summed E-state index contributed by atoms with van der Waals surface area (Å²) < 4.78 is 5.31. The van der Waals surface area contributed by atoms with E-state index in [0.717, 1.165) is 30.2 Å². The molecule has 0 bridgehead atoms. The first kappa shape index (κ1) is 10.8. The molecule has 0 aliphatic carbocycles. The molecule has 4 heteroatoms. The molecule has 3 nitrogen and oxygen atoms in total. The number of hydrogen-bond acceptors (Lipinski definition) is 4. The van der Waals surface area contributed by atoms with Gasteiger partial charge in [-0.2, -0.15) is 0 Å². The summed E-state index contributed by atoms with van der Waals surface area (Å²) in [5.41, 5.74) is 0.910. The van der Waals surface area contributed by atoms with Gasteiger partial charge >= 0.3 is 0 Å². The zero-order chi connectivity index (χ0) is 10.7. The number of ether oxygens (including phenoxy) is 1. The lowest BCUT2D eigenvalue weighted by Gasteiger charge is -2.20. The van der Waals surface area contributed by atoms with Crippen LogP contribution in [0.2, 0.25) is 0 Å². The van der Waals surface area contributed by atoms with Crippen molar-refractivity contribution < 1.29 is 9.53 Å². The van der Waals surface area contributed by atoms with Gasteiger partial charge in [-0.05, 0) is 19.8 Å². The maximum Gasteiger partial charge on any atom is 0.144 e. The summed E-state index contributed by atoms with van der Waals surface area (Å²) in [5.74, 6) is 0.376. The number of carbonyl (C=O) groups is 1. The van der Waals surface area contributed by atoms with Gasteiger partial charge in [-0.3, -0.25) is 4.79 Å². The van der Waals surface area contributed by atoms with Crippen molar-refractivity contribution in [3.63, 3.8) is 0 Å². The molecular weight excluding hydrogens is 210 g/mol. The molecule has 0 aromatic carbocycles. The average Bonchev–Trinajstić information content (AvgIpc) is 2.65. The van der Waals surface area contributed by atoms with Crippen molar-refractivity contribution in [3.05, 3.63) is 16.1 Å². The van der Waals surface area contributed by atoms with Crippen LogP contribution in [0.25, 0.3) is 0 Å². The third-order valence-corrected chi connectivity index (χ3v) is 3.46. The fraction of sp³-hybridized carbons (Fsp3) is 0.636. The van der Waals surface area contributed by atoms with E-state index in [1.807, 2.05) is 12.3 Å². The molecule has 0 N–H and O–H groups in total. The Bertz CT molecular complexity index is 342. The molecule has 15 heavy (non-hydrogen) atoms. The van der Waals surface area contributed by atoms with Gasteiger partial charge in [0.25, 0.3) is 0 Å². The van der Waals surface area contributed by atoms with Gasteiger partial charge in [0.1, 0.15) is 5.78 Å². The molecule has 0 radical (unpaired) electrons. The number of thiazole rings is 1. The van der Waals surface area contributed by atoms with Crippen molar-refractivity contribution in [2.45, 2.75) is 26.2 Å².